The van der Waals surface area contributed by atoms with Crippen LogP contribution >= 0.6 is 0 Å². The van der Waals surface area contributed by atoms with E-state index in [1.54, 1.807) is 0 Å². The Morgan fingerprint density at radius 2 is 1.07 bits per heavy atom. The lowest BCUT2D eigenvalue weighted by Gasteiger charge is -2.09. The zero-order valence-electron chi connectivity index (χ0n) is 24.3. The second-order valence-corrected chi connectivity index (χ2v) is 11.8. The van der Waals surface area contributed by atoms with E-state index in [4.69, 9.17) is 4.42 Å². The highest BCUT2D eigenvalue weighted by Gasteiger charge is 2.16. The molecule has 3 heteroatoms. The van der Waals surface area contributed by atoms with Gasteiger partial charge in [-0.1, -0.05) is 103 Å². The zero-order chi connectivity index (χ0) is 29.5. The number of nitrogens with one attached hydrogen (secondary N) is 1. The van der Waals surface area contributed by atoms with E-state index in [9.17, 15) is 0 Å². The van der Waals surface area contributed by atoms with Gasteiger partial charge in [-0.15, -0.1) is 0 Å². The molecule has 0 atom stereocenters. The minimum absolute atomic E-state index is 0.913. The Morgan fingerprint density at radius 1 is 0.444 bits per heavy atom. The molecule has 0 amide bonds. The fourth-order valence-corrected chi connectivity index (χ4v) is 7.36. The van der Waals surface area contributed by atoms with Gasteiger partial charge in [-0.05, 0) is 65.2 Å². The molecule has 0 unspecified atom stereocenters. The molecule has 0 saturated heterocycles. The summed E-state index contributed by atoms with van der Waals surface area (Å²) in [5.74, 6) is 0. The Bertz CT molecular complexity index is 2720. The number of hydrogen-bond donors (Lipinski definition) is 1. The van der Waals surface area contributed by atoms with Crippen molar-refractivity contribution in [3.05, 3.63) is 152 Å². The predicted octanol–water partition coefficient (Wildman–Crippen LogP) is 11.7. The molecule has 3 aromatic heterocycles. The molecule has 0 aliphatic carbocycles. The molecular formula is C42H26N2O. The second kappa shape index (κ2) is 9.22. The number of aromatic nitrogens is 2. The van der Waals surface area contributed by atoms with Crippen molar-refractivity contribution in [1.82, 2.24) is 9.55 Å². The summed E-state index contributed by atoms with van der Waals surface area (Å²) in [6, 6.07) is 54.3. The maximum Gasteiger partial charge on any atom is 0.136 e. The van der Waals surface area contributed by atoms with Crippen LogP contribution in [0.15, 0.2) is 156 Å². The molecule has 7 aromatic carbocycles. The molecule has 3 nitrogen and oxygen atoms in total. The van der Waals surface area contributed by atoms with E-state index < -0.39 is 0 Å². The Morgan fingerprint density at radius 3 is 1.89 bits per heavy atom. The third-order valence-corrected chi connectivity index (χ3v) is 9.34. The first-order valence-electron chi connectivity index (χ1n) is 15.4. The lowest BCUT2D eigenvalue weighted by Crippen LogP contribution is -1.93. The first kappa shape index (κ1) is 24.4. The van der Waals surface area contributed by atoms with Gasteiger partial charge in [0.15, 0.2) is 0 Å². The zero-order valence-corrected chi connectivity index (χ0v) is 24.3. The van der Waals surface area contributed by atoms with E-state index >= 15 is 0 Å². The number of aromatic amines is 1. The van der Waals surface area contributed by atoms with Crippen LogP contribution in [0.1, 0.15) is 0 Å². The minimum Gasteiger partial charge on any atom is -0.456 e. The Balaban J connectivity index is 1.15. The molecule has 0 fully saturated rings. The number of fused-ring (bicyclic) bond motifs is 9. The number of furan rings is 1. The van der Waals surface area contributed by atoms with Gasteiger partial charge in [0.25, 0.3) is 0 Å². The molecule has 210 valence electrons. The summed E-state index contributed by atoms with van der Waals surface area (Å²) in [5, 5.41) is 7.29. The van der Waals surface area contributed by atoms with Crippen molar-refractivity contribution >= 4 is 65.6 Å². The van der Waals surface area contributed by atoms with Crippen LogP contribution in [0.3, 0.4) is 0 Å². The van der Waals surface area contributed by atoms with Gasteiger partial charge in [0.1, 0.15) is 11.2 Å². The van der Waals surface area contributed by atoms with Gasteiger partial charge >= 0.3 is 0 Å². The van der Waals surface area contributed by atoms with Crippen LogP contribution in [0.5, 0.6) is 0 Å². The quantitative estimate of drug-likeness (QED) is 0.224. The van der Waals surface area contributed by atoms with Gasteiger partial charge in [0, 0.05) is 49.1 Å². The molecule has 0 radical (unpaired) electrons. The summed E-state index contributed by atoms with van der Waals surface area (Å²) in [6.45, 7) is 0. The Hall–Kier alpha value is -6.06. The maximum atomic E-state index is 6.20. The highest BCUT2D eigenvalue weighted by Crippen LogP contribution is 2.40. The molecule has 0 spiro atoms. The molecule has 10 aromatic rings. The van der Waals surface area contributed by atoms with E-state index in [-0.39, 0.29) is 0 Å². The molecule has 45 heavy (non-hydrogen) atoms. The van der Waals surface area contributed by atoms with Crippen molar-refractivity contribution in [3.8, 4) is 27.9 Å². The van der Waals surface area contributed by atoms with Gasteiger partial charge in [0.2, 0.25) is 0 Å². The van der Waals surface area contributed by atoms with Crippen LogP contribution in [0.2, 0.25) is 0 Å². The molecular weight excluding hydrogens is 548 g/mol. The third-order valence-electron chi connectivity index (χ3n) is 9.34. The average molecular weight is 575 g/mol. The van der Waals surface area contributed by atoms with E-state index in [2.05, 4.69) is 149 Å². The lowest BCUT2D eigenvalue weighted by atomic mass is 9.95. The minimum atomic E-state index is 0.913. The lowest BCUT2D eigenvalue weighted by molar-refractivity contribution is 0.669. The van der Waals surface area contributed by atoms with Crippen molar-refractivity contribution in [2.45, 2.75) is 0 Å². The Labute approximate surface area is 258 Å². The number of hydrogen-bond acceptors (Lipinski definition) is 1. The van der Waals surface area contributed by atoms with E-state index in [1.165, 1.54) is 54.8 Å². The van der Waals surface area contributed by atoms with E-state index in [0.717, 1.165) is 38.7 Å². The van der Waals surface area contributed by atoms with Crippen LogP contribution in [-0.4, -0.2) is 9.55 Å². The molecule has 0 saturated carbocycles. The smallest absolute Gasteiger partial charge is 0.136 e. The monoisotopic (exact) mass is 574 g/mol. The SMILES string of the molecule is c1cc(-c2cccc3c2[nH]c2ccc(-n4c5ccccc5c5ccccc54)cc23)cc(-c2cccc3oc4ccccc4c23)c1. The number of H-pyrrole nitrogens is 1. The van der Waals surface area contributed by atoms with Crippen LogP contribution in [0.4, 0.5) is 0 Å². The maximum absolute atomic E-state index is 6.20. The fourth-order valence-electron chi connectivity index (χ4n) is 7.36. The third kappa shape index (κ3) is 3.52. The number of nitrogens with zero attached hydrogens (tertiary/aromatic N) is 1. The van der Waals surface area contributed by atoms with Crippen molar-refractivity contribution in [2.24, 2.45) is 0 Å². The highest BCUT2D eigenvalue weighted by atomic mass is 16.3. The van der Waals surface area contributed by atoms with Gasteiger partial charge in [-0.25, -0.2) is 0 Å². The summed E-state index contributed by atoms with van der Waals surface area (Å²) in [7, 11) is 0. The first-order valence-corrected chi connectivity index (χ1v) is 15.4. The van der Waals surface area contributed by atoms with Crippen LogP contribution in [-0.2, 0) is 0 Å². The molecule has 1 N–H and O–H groups in total. The summed E-state index contributed by atoms with van der Waals surface area (Å²) in [5.41, 5.74) is 12.4. The van der Waals surface area contributed by atoms with Crippen molar-refractivity contribution < 1.29 is 4.42 Å². The molecule has 0 bridgehead atoms. The summed E-state index contributed by atoms with van der Waals surface area (Å²) < 4.78 is 8.58. The van der Waals surface area contributed by atoms with Crippen molar-refractivity contribution in [2.75, 3.05) is 0 Å². The van der Waals surface area contributed by atoms with E-state index in [0.29, 0.717) is 0 Å². The van der Waals surface area contributed by atoms with Crippen LogP contribution < -0.4 is 0 Å². The van der Waals surface area contributed by atoms with Gasteiger partial charge in [-0.3, -0.25) is 0 Å². The second-order valence-electron chi connectivity index (χ2n) is 11.8. The molecule has 3 heterocycles. The number of para-hydroxylation sites is 4. The first-order chi connectivity index (χ1) is 22.3. The van der Waals surface area contributed by atoms with Crippen LogP contribution in [0.25, 0.3) is 93.5 Å². The molecule has 0 aliphatic heterocycles. The van der Waals surface area contributed by atoms with Crippen molar-refractivity contribution in [3.63, 3.8) is 0 Å². The predicted molar refractivity (Wildman–Crippen MR) is 188 cm³/mol. The largest absolute Gasteiger partial charge is 0.456 e. The normalized spacial score (nSPS) is 12.0. The standard InChI is InChI=1S/C42H26N2O/c1-4-18-37-31(12-1)32-13-2-5-19-38(32)44(37)28-22-23-36-35(25-28)33-17-8-16-30(42(33)43-36)27-11-7-10-26(24-27)29-15-9-21-40-41(29)34-14-3-6-20-39(34)45-40/h1-25,43H. The molecule has 0 aliphatic rings. The van der Waals surface area contributed by atoms with Crippen molar-refractivity contribution in [1.29, 1.82) is 0 Å². The fraction of sp³-hybridized carbons (Fsp3) is 0. The average Bonchev–Trinajstić information content (AvgIpc) is 3.77. The topological polar surface area (TPSA) is 33.9 Å². The van der Waals surface area contributed by atoms with E-state index in [1.807, 2.05) is 12.1 Å². The van der Waals surface area contributed by atoms with Gasteiger partial charge in [-0.2, -0.15) is 0 Å². The summed E-state index contributed by atoms with van der Waals surface area (Å²) in [6.07, 6.45) is 0. The van der Waals surface area contributed by atoms with Crippen LogP contribution in [0, 0.1) is 0 Å². The number of rotatable bonds is 3. The summed E-state index contributed by atoms with van der Waals surface area (Å²) in [4.78, 5) is 3.78. The Kier molecular flexibility index (Phi) is 5.00. The highest BCUT2D eigenvalue weighted by molar-refractivity contribution is 6.15. The van der Waals surface area contributed by atoms with Gasteiger partial charge < -0.3 is 14.0 Å². The number of benzene rings is 7. The molecule has 10 rings (SSSR count). The van der Waals surface area contributed by atoms with Gasteiger partial charge in [0.05, 0.1) is 16.6 Å². The summed E-state index contributed by atoms with van der Waals surface area (Å²) >= 11 is 0.